The maximum atomic E-state index is 12.2. The Kier molecular flexibility index (Phi) is 2.89. The van der Waals surface area contributed by atoms with E-state index in [2.05, 4.69) is 12.9 Å². The fourth-order valence-electron chi connectivity index (χ4n) is 1.13. The first-order valence-corrected chi connectivity index (χ1v) is 6.48. The summed E-state index contributed by atoms with van der Waals surface area (Å²) in [5.74, 6) is -0.505. The lowest BCUT2D eigenvalue weighted by atomic mass is 10.4. The van der Waals surface area contributed by atoms with Crippen molar-refractivity contribution in [3.05, 3.63) is 12.3 Å². The number of fused-ring (bicyclic) bond motifs is 1. The van der Waals surface area contributed by atoms with Gasteiger partial charge in [-0.2, -0.15) is 21.6 Å². The summed E-state index contributed by atoms with van der Waals surface area (Å²) in [4.78, 5) is 0. The lowest BCUT2D eigenvalue weighted by molar-refractivity contribution is -0.646. The van der Waals surface area contributed by atoms with Gasteiger partial charge in [0.15, 0.2) is 5.75 Å². The van der Waals surface area contributed by atoms with E-state index < -0.39 is 21.4 Å². The first-order chi connectivity index (χ1) is 8.22. The molecule has 0 amide bonds. The molecule has 2 aromatic rings. The maximum absolute atomic E-state index is 12.2. The first-order valence-electron chi connectivity index (χ1n) is 4.34. The van der Waals surface area contributed by atoms with Gasteiger partial charge in [0.1, 0.15) is 0 Å². The smallest absolute Gasteiger partial charge is 0.373 e. The van der Waals surface area contributed by atoms with Crippen LogP contribution in [-0.2, 0) is 17.2 Å². The Balaban J connectivity index is 2.52. The molecule has 0 aliphatic rings. The van der Waals surface area contributed by atoms with Crippen LogP contribution in [0, 0.1) is 0 Å². The first kappa shape index (κ1) is 13.0. The average Bonchev–Trinajstić information content (AvgIpc) is 2.70. The van der Waals surface area contributed by atoms with Crippen molar-refractivity contribution in [1.29, 1.82) is 0 Å². The highest BCUT2D eigenvalue weighted by Gasteiger charge is 2.49. The van der Waals surface area contributed by atoms with Gasteiger partial charge in [-0.15, -0.1) is 4.37 Å². The summed E-state index contributed by atoms with van der Waals surface area (Å²) in [6, 6.07) is 1.08. The van der Waals surface area contributed by atoms with Crippen LogP contribution in [-0.4, -0.2) is 22.7 Å². The van der Waals surface area contributed by atoms with Crippen molar-refractivity contribution in [3.8, 4) is 5.75 Å². The lowest BCUT2D eigenvalue weighted by Crippen LogP contribution is -2.30. The van der Waals surface area contributed by atoms with Crippen LogP contribution in [0.1, 0.15) is 0 Å². The monoisotopic (exact) mass is 300 g/mol. The van der Waals surface area contributed by atoms with E-state index in [1.165, 1.54) is 10.8 Å². The van der Waals surface area contributed by atoms with Gasteiger partial charge in [-0.05, 0) is 0 Å². The van der Waals surface area contributed by atoms with Crippen molar-refractivity contribution >= 4 is 33.0 Å². The second-order valence-electron chi connectivity index (χ2n) is 3.21. The Bertz CT molecular complexity index is 695. The van der Waals surface area contributed by atoms with Crippen LogP contribution in [0.25, 0.3) is 11.2 Å². The lowest BCUT2D eigenvalue weighted by Gasteiger charge is -2.08. The van der Waals surface area contributed by atoms with Crippen molar-refractivity contribution in [2.24, 2.45) is 7.05 Å². The molecule has 2 rings (SSSR count). The summed E-state index contributed by atoms with van der Waals surface area (Å²) in [6.07, 6.45) is 1.32. The van der Waals surface area contributed by atoms with Gasteiger partial charge in [-0.25, -0.2) is 4.57 Å². The molecule has 0 saturated carbocycles. The minimum absolute atomic E-state index is 0.0437. The SMILES string of the molecule is C[n+]1ccc(OS(=O)(=O)C(F)(F)F)c2nsnc21. The highest BCUT2D eigenvalue weighted by Crippen LogP contribution is 2.29. The molecule has 0 spiro atoms. The topological polar surface area (TPSA) is 73.0 Å². The maximum Gasteiger partial charge on any atom is 0.534 e. The fraction of sp³-hybridized carbons (Fsp3) is 0.286. The van der Waals surface area contributed by atoms with Crippen LogP contribution in [0.5, 0.6) is 5.75 Å². The molecular weight excluding hydrogens is 295 g/mol. The molecule has 0 aliphatic heterocycles. The molecule has 0 atom stereocenters. The van der Waals surface area contributed by atoms with E-state index in [1.807, 2.05) is 0 Å². The second-order valence-corrected chi connectivity index (χ2v) is 5.28. The average molecular weight is 300 g/mol. The summed E-state index contributed by atoms with van der Waals surface area (Å²) < 4.78 is 71.3. The standard InChI is InChI=1S/C7H5F3N3O3S2/c1-13-3-2-4(5-6(13)12-17-11-5)16-18(14,15)7(8,9)10/h2-3H,1H3/q+1. The Labute approximate surface area is 103 Å². The van der Waals surface area contributed by atoms with Crippen LogP contribution < -0.4 is 8.75 Å². The predicted molar refractivity (Wildman–Crippen MR) is 54.2 cm³/mol. The molecule has 0 N–H and O–H groups in total. The van der Waals surface area contributed by atoms with Crippen molar-refractivity contribution in [2.45, 2.75) is 5.51 Å². The van der Waals surface area contributed by atoms with Gasteiger partial charge in [0.05, 0.1) is 13.2 Å². The highest BCUT2D eigenvalue weighted by atomic mass is 32.2. The Morgan fingerprint density at radius 2 is 2.06 bits per heavy atom. The normalized spacial score (nSPS) is 12.9. The number of rotatable bonds is 2. The predicted octanol–water partition coefficient (Wildman–Crippen LogP) is 0.744. The Hall–Kier alpha value is -1.49. The molecule has 0 bridgehead atoms. The zero-order valence-electron chi connectivity index (χ0n) is 8.67. The zero-order valence-corrected chi connectivity index (χ0v) is 10.3. The summed E-state index contributed by atoms with van der Waals surface area (Å²) in [5, 5.41) is 0. The summed E-state index contributed by atoms with van der Waals surface area (Å²) in [6.45, 7) is 0. The molecule has 0 aromatic carbocycles. The third kappa shape index (κ3) is 2.10. The molecule has 0 radical (unpaired) electrons. The molecular formula is C7H5F3N3O3S2+. The zero-order chi connectivity index (χ0) is 13.6. The molecule has 0 aliphatic carbocycles. The number of pyridine rings is 1. The number of hydrogen-bond donors (Lipinski definition) is 0. The Morgan fingerprint density at radius 1 is 1.39 bits per heavy atom. The number of halogens is 3. The summed E-state index contributed by atoms with van der Waals surface area (Å²) in [7, 11) is -4.12. The highest BCUT2D eigenvalue weighted by molar-refractivity contribution is 7.88. The van der Waals surface area contributed by atoms with Crippen LogP contribution in [0.15, 0.2) is 12.3 Å². The number of hydrogen-bond acceptors (Lipinski definition) is 6. The van der Waals surface area contributed by atoms with Gasteiger partial charge in [0.2, 0.25) is 17.2 Å². The quantitative estimate of drug-likeness (QED) is 0.465. The second kappa shape index (κ2) is 4.02. The van der Waals surface area contributed by atoms with E-state index in [0.717, 1.165) is 17.8 Å². The van der Waals surface area contributed by atoms with Gasteiger partial charge < -0.3 is 4.18 Å². The van der Waals surface area contributed by atoms with Gasteiger partial charge >= 0.3 is 21.3 Å². The minimum Gasteiger partial charge on any atom is -0.373 e. The van der Waals surface area contributed by atoms with Crippen molar-refractivity contribution in [3.63, 3.8) is 0 Å². The van der Waals surface area contributed by atoms with Crippen LogP contribution >= 0.6 is 11.7 Å². The van der Waals surface area contributed by atoms with Crippen molar-refractivity contribution in [2.75, 3.05) is 0 Å². The summed E-state index contributed by atoms with van der Waals surface area (Å²) >= 11 is 0.738. The van der Waals surface area contributed by atoms with Crippen LogP contribution in [0.3, 0.4) is 0 Å². The molecule has 0 saturated heterocycles. The molecule has 2 heterocycles. The minimum atomic E-state index is -5.71. The molecule has 11 heteroatoms. The number of alkyl halides is 3. The van der Waals surface area contributed by atoms with E-state index >= 15 is 0 Å². The van der Waals surface area contributed by atoms with Crippen molar-refractivity contribution in [1.82, 2.24) is 8.75 Å². The van der Waals surface area contributed by atoms with Gasteiger partial charge in [0.25, 0.3) is 0 Å². The van der Waals surface area contributed by atoms with Gasteiger partial charge in [0, 0.05) is 10.4 Å². The molecule has 98 valence electrons. The van der Waals surface area contributed by atoms with Crippen LogP contribution in [0.4, 0.5) is 13.2 Å². The van der Waals surface area contributed by atoms with E-state index in [4.69, 9.17) is 0 Å². The summed E-state index contributed by atoms with van der Waals surface area (Å²) in [5.41, 5.74) is -5.30. The number of aryl methyl sites for hydroxylation is 1. The molecule has 0 fully saturated rings. The van der Waals surface area contributed by atoms with Crippen LogP contribution in [0.2, 0.25) is 0 Å². The number of nitrogens with zero attached hydrogens (tertiary/aromatic N) is 3. The van der Waals surface area contributed by atoms with E-state index in [1.54, 1.807) is 7.05 Å². The largest absolute Gasteiger partial charge is 0.534 e. The molecule has 18 heavy (non-hydrogen) atoms. The van der Waals surface area contributed by atoms with E-state index in [0.29, 0.717) is 0 Å². The number of aromatic nitrogens is 3. The Morgan fingerprint density at radius 3 is 2.67 bits per heavy atom. The third-order valence-corrected chi connectivity index (χ3v) is 3.46. The van der Waals surface area contributed by atoms with Crippen molar-refractivity contribution < 1.29 is 30.3 Å². The molecule has 0 unspecified atom stereocenters. The van der Waals surface area contributed by atoms with E-state index in [-0.39, 0.29) is 11.2 Å². The fourth-order valence-corrected chi connectivity index (χ4v) is 2.18. The third-order valence-electron chi connectivity index (χ3n) is 1.97. The van der Waals surface area contributed by atoms with E-state index in [9.17, 15) is 21.6 Å². The van der Waals surface area contributed by atoms with Gasteiger partial charge in [-0.3, -0.25) is 0 Å². The van der Waals surface area contributed by atoms with Gasteiger partial charge in [-0.1, -0.05) is 0 Å². The molecule has 6 nitrogen and oxygen atoms in total. The molecule has 2 aromatic heterocycles.